The third-order valence-corrected chi connectivity index (χ3v) is 4.09. The van der Waals surface area contributed by atoms with Gasteiger partial charge in [-0.05, 0) is 48.9 Å². The second-order valence-corrected chi connectivity index (χ2v) is 7.03. The molecule has 1 aliphatic heterocycles. The molecule has 0 aliphatic carbocycles. The van der Waals surface area contributed by atoms with E-state index in [1.165, 1.54) is 6.42 Å². The molecule has 1 atom stereocenters. The lowest BCUT2D eigenvalue weighted by molar-refractivity contribution is -0.123. The Hall–Kier alpha value is -1.26. The molecule has 23 heavy (non-hydrogen) atoms. The van der Waals surface area contributed by atoms with Gasteiger partial charge in [-0.2, -0.15) is 0 Å². The SMILES string of the molecule is CC(C)(C)c1ccccc1OCC(=O)NCCC1CCNC1.Cl. The Kier molecular flexibility index (Phi) is 7.86. The number of carbonyl (C=O) groups excluding carboxylic acids is 1. The fourth-order valence-electron chi connectivity index (χ4n) is 2.78. The molecule has 2 rings (SSSR count). The highest BCUT2D eigenvalue weighted by Crippen LogP contribution is 2.30. The van der Waals surface area contributed by atoms with E-state index in [1.807, 2.05) is 18.2 Å². The van der Waals surface area contributed by atoms with Crippen LogP contribution >= 0.6 is 12.4 Å². The number of nitrogens with one attached hydrogen (secondary N) is 2. The van der Waals surface area contributed by atoms with E-state index >= 15 is 0 Å². The van der Waals surface area contributed by atoms with Crippen LogP contribution in [0.3, 0.4) is 0 Å². The van der Waals surface area contributed by atoms with Crippen LogP contribution < -0.4 is 15.4 Å². The zero-order chi connectivity index (χ0) is 16.0. The van der Waals surface area contributed by atoms with Gasteiger partial charge in [0.1, 0.15) is 5.75 Å². The Morgan fingerprint density at radius 3 is 2.74 bits per heavy atom. The van der Waals surface area contributed by atoms with E-state index in [-0.39, 0.29) is 30.3 Å². The first kappa shape index (κ1) is 19.8. The predicted molar refractivity (Wildman–Crippen MR) is 96.5 cm³/mol. The molecule has 5 heteroatoms. The van der Waals surface area contributed by atoms with Crippen molar-refractivity contribution in [3.05, 3.63) is 29.8 Å². The van der Waals surface area contributed by atoms with Crippen LogP contribution in [0.25, 0.3) is 0 Å². The first-order valence-electron chi connectivity index (χ1n) is 8.16. The number of benzene rings is 1. The van der Waals surface area contributed by atoms with Crippen molar-refractivity contribution in [3.8, 4) is 5.75 Å². The molecule has 1 aliphatic rings. The van der Waals surface area contributed by atoms with Gasteiger partial charge in [-0.1, -0.05) is 39.0 Å². The van der Waals surface area contributed by atoms with Crippen LogP contribution in [0.2, 0.25) is 0 Å². The average molecular weight is 341 g/mol. The standard InChI is InChI=1S/C18H28N2O2.ClH/c1-18(2,3)15-6-4-5-7-16(15)22-13-17(21)20-11-9-14-8-10-19-12-14;/h4-7,14,19H,8-13H2,1-3H3,(H,20,21);1H. The second-order valence-electron chi connectivity index (χ2n) is 7.03. The summed E-state index contributed by atoms with van der Waals surface area (Å²) >= 11 is 0. The molecule has 4 nitrogen and oxygen atoms in total. The number of para-hydroxylation sites is 1. The van der Waals surface area contributed by atoms with E-state index in [9.17, 15) is 4.79 Å². The molecule has 1 saturated heterocycles. The molecule has 0 spiro atoms. The number of amides is 1. The van der Waals surface area contributed by atoms with E-state index in [1.54, 1.807) is 0 Å². The highest BCUT2D eigenvalue weighted by atomic mass is 35.5. The topological polar surface area (TPSA) is 50.4 Å². The van der Waals surface area contributed by atoms with Crippen molar-refractivity contribution in [1.29, 1.82) is 0 Å². The van der Waals surface area contributed by atoms with Crippen LogP contribution in [-0.2, 0) is 10.2 Å². The Morgan fingerprint density at radius 1 is 1.35 bits per heavy atom. The number of ether oxygens (including phenoxy) is 1. The molecule has 130 valence electrons. The van der Waals surface area contributed by atoms with E-state index in [0.29, 0.717) is 5.92 Å². The Balaban J connectivity index is 0.00000264. The predicted octanol–water partition coefficient (Wildman–Crippen LogP) is 2.90. The first-order valence-corrected chi connectivity index (χ1v) is 8.16. The first-order chi connectivity index (χ1) is 10.5. The number of rotatable bonds is 6. The van der Waals surface area contributed by atoms with Crippen molar-refractivity contribution in [3.63, 3.8) is 0 Å². The van der Waals surface area contributed by atoms with Crippen molar-refractivity contribution >= 4 is 18.3 Å². The Morgan fingerprint density at radius 2 is 2.09 bits per heavy atom. The molecule has 0 radical (unpaired) electrons. The average Bonchev–Trinajstić information content (AvgIpc) is 2.98. The van der Waals surface area contributed by atoms with E-state index in [2.05, 4.69) is 37.5 Å². The highest BCUT2D eigenvalue weighted by Gasteiger charge is 2.19. The minimum Gasteiger partial charge on any atom is -0.483 e. The van der Waals surface area contributed by atoms with Crippen LogP contribution in [0.15, 0.2) is 24.3 Å². The van der Waals surface area contributed by atoms with Gasteiger partial charge < -0.3 is 15.4 Å². The van der Waals surface area contributed by atoms with Crippen molar-refractivity contribution in [1.82, 2.24) is 10.6 Å². The monoisotopic (exact) mass is 340 g/mol. The maximum absolute atomic E-state index is 11.9. The molecule has 1 aromatic carbocycles. The molecule has 1 amide bonds. The van der Waals surface area contributed by atoms with Gasteiger partial charge in [0.25, 0.3) is 5.91 Å². The van der Waals surface area contributed by atoms with Gasteiger partial charge in [-0.25, -0.2) is 0 Å². The van der Waals surface area contributed by atoms with Crippen molar-refractivity contribution in [2.24, 2.45) is 5.92 Å². The summed E-state index contributed by atoms with van der Waals surface area (Å²) in [5.41, 5.74) is 1.13. The van der Waals surface area contributed by atoms with Crippen LogP contribution in [0.5, 0.6) is 5.75 Å². The molecular formula is C18H29ClN2O2. The zero-order valence-electron chi connectivity index (χ0n) is 14.4. The number of halogens is 1. The summed E-state index contributed by atoms with van der Waals surface area (Å²) in [6.45, 7) is 9.42. The normalized spacial score (nSPS) is 17.4. The molecule has 1 fully saturated rings. The van der Waals surface area contributed by atoms with Crippen LogP contribution in [0.4, 0.5) is 0 Å². The van der Waals surface area contributed by atoms with Gasteiger partial charge in [0.15, 0.2) is 6.61 Å². The minimum absolute atomic E-state index is 0. The Bertz CT molecular complexity index is 494. The molecule has 2 N–H and O–H groups in total. The van der Waals surface area contributed by atoms with Gasteiger partial charge in [0.05, 0.1) is 0 Å². The zero-order valence-corrected chi connectivity index (χ0v) is 15.2. The van der Waals surface area contributed by atoms with Gasteiger partial charge in [0.2, 0.25) is 0 Å². The second kappa shape index (κ2) is 9.14. The number of carbonyl (C=O) groups is 1. The van der Waals surface area contributed by atoms with Gasteiger partial charge in [-0.15, -0.1) is 12.4 Å². The number of hydrogen-bond acceptors (Lipinski definition) is 3. The van der Waals surface area contributed by atoms with Crippen molar-refractivity contribution < 1.29 is 9.53 Å². The van der Waals surface area contributed by atoms with Gasteiger partial charge in [0, 0.05) is 6.54 Å². The van der Waals surface area contributed by atoms with Gasteiger partial charge in [-0.3, -0.25) is 4.79 Å². The lowest BCUT2D eigenvalue weighted by Crippen LogP contribution is -2.31. The lowest BCUT2D eigenvalue weighted by atomic mass is 9.86. The Labute approximate surface area is 145 Å². The number of hydrogen-bond donors (Lipinski definition) is 2. The maximum Gasteiger partial charge on any atom is 0.257 e. The molecule has 0 saturated carbocycles. The summed E-state index contributed by atoms with van der Waals surface area (Å²) in [5.74, 6) is 1.45. The minimum atomic E-state index is -0.0466. The summed E-state index contributed by atoms with van der Waals surface area (Å²) in [4.78, 5) is 11.9. The third kappa shape index (κ3) is 6.40. The molecule has 0 aromatic heterocycles. The van der Waals surface area contributed by atoms with E-state index in [0.717, 1.165) is 37.4 Å². The molecule has 1 unspecified atom stereocenters. The van der Waals surface area contributed by atoms with Crippen LogP contribution in [0.1, 0.15) is 39.2 Å². The maximum atomic E-state index is 11.9. The van der Waals surface area contributed by atoms with E-state index < -0.39 is 0 Å². The smallest absolute Gasteiger partial charge is 0.257 e. The summed E-state index contributed by atoms with van der Waals surface area (Å²) in [6, 6.07) is 7.93. The highest BCUT2D eigenvalue weighted by molar-refractivity contribution is 5.85. The molecule has 1 aromatic rings. The molecule has 1 heterocycles. The summed E-state index contributed by atoms with van der Waals surface area (Å²) < 4.78 is 5.72. The van der Waals surface area contributed by atoms with Crippen molar-refractivity contribution in [2.75, 3.05) is 26.2 Å². The molecular weight excluding hydrogens is 312 g/mol. The summed E-state index contributed by atoms with van der Waals surface area (Å²) in [7, 11) is 0. The quantitative estimate of drug-likeness (QED) is 0.837. The third-order valence-electron chi connectivity index (χ3n) is 4.09. The van der Waals surface area contributed by atoms with Crippen LogP contribution in [-0.4, -0.2) is 32.1 Å². The fraction of sp³-hybridized carbons (Fsp3) is 0.611. The van der Waals surface area contributed by atoms with Crippen LogP contribution in [0, 0.1) is 5.92 Å². The largest absolute Gasteiger partial charge is 0.483 e. The van der Waals surface area contributed by atoms with E-state index in [4.69, 9.17) is 4.74 Å². The molecule has 0 bridgehead atoms. The fourth-order valence-corrected chi connectivity index (χ4v) is 2.78. The van der Waals surface area contributed by atoms with Crippen molar-refractivity contribution in [2.45, 2.75) is 39.0 Å². The lowest BCUT2D eigenvalue weighted by Gasteiger charge is -2.22. The van der Waals surface area contributed by atoms with Gasteiger partial charge >= 0.3 is 0 Å². The summed E-state index contributed by atoms with van der Waals surface area (Å²) in [6.07, 6.45) is 2.25. The summed E-state index contributed by atoms with van der Waals surface area (Å²) in [5, 5.41) is 6.29.